The zero-order valence-electron chi connectivity index (χ0n) is 13.3. The molecule has 3 heterocycles. The van der Waals surface area contributed by atoms with Gasteiger partial charge in [-0.3, -0.25) is 4.79 Å². The number of piperidine rings is 1. The monoisotopic (exact) mass is 315 g/mol. The van der Waals surface area contributed by atoms with Crippen molar-refractivity contribution in [2.24, 2.45) is 17.8 Å². The number of aliphatic hydroxyl groups excluding tert-OH is 1. The largest absolute Gasteiger partial charge is 0.387 e. The summed E-state index contributed by atoms with van der Waals surface area (Å²) in [6, 6.07) is 2.35. The Hall–Kier alpha value is -2.15. The van der Waals surface area contributed by atoms with Crippen molar-refractivity contribution in [2.45, 2.75) is 13.0 Å². The lowest BCUT2D eigenvalue weighted by Crippen LogP contribution is -2.38. The minimum Gasteiger partial charge on any atom is -0.387 e. The summed E-state index contributed by atoms with van der Waals surface area (Å²) in [4.78, 5) is 27.4. The van der Waals surface area contributed by atoms with E-state index in [2.05, 4.69) is 33.8 Å². The first kappa shape index (κ1) is 14.4. The van der Waals surface area contributed by atoms with Crippen LogP contribution in [0.1, 0.15) is 6.92 Å². The first-order valence-corrected chi connectivity index (χ1v) is 8.01. The van der Waals surface area contributed by atoms with Crippen molar-refractivity contribution in [1.29, 1.82) is 0 Å². The number of nitrogens with one attached hydrogen (secondary N) is 1. The fourth-order valence-electron chi connectivity index (χ4n) is 4.18. The lowest BCUT2D eigenvalue weighted by molar-refractivity contribution is -0.133. The van der Waals surface area contributed by atoms with E-state index in [4.69, 9.17) is 5.11 Å². The van der Waals surface area contributed by atoms with Crippen LogP contribution in [0, 0.1) is 17.8 Å². The second kappa shape index (κ2) is 5.19. The van der Waals surface area contributed by atoms with Crippen molar-refractivity contribution in [2.75, 3.05) is 31.6 Å². The van der Waals surface area contributed by atoms with Crippen LogP contribution in [-0.4, -0.2) is 63.7 Å². The number of hydrogen-bond acceptors (Lipinski definition) is 5. The van der Waals surface area contributed by atoms with Crippen LogP contribution in [0.2, 0.25) is 0 Å². The average Bonchev–Trinajstić information content (AvgIpc) is 2.97. The van der Waals surface area contributed by atoms with Crippen LogP contribution in [0.3, 0.4) is 0 Å². The van der Waals surface area contributed by atoms with Gasteiger partial charge >= 0.3 is 0 Å². The number of H-pyrrole nitrogens is 1. The Morgan fingerprint density at radius 2 is 2.22 bits per heavy atom. The summed E-state index contributed by atoms with van der Waals surface area (Å²) in [5.41, 5.74) is 0.852. The number of carbonyl (C=O) groups excluding carboxylic acids is 1. The predicted octanol–water partition coefficient (Wildman–Crippen LogP) is 0.479. The number of amides is 1. The van der Waals surface area contributed by atoms with Crippen molar-refractivity contribution < 1.29 is 9.90 Å². The molecule has 0 aromatic carbocycles. The Balaban J connectivity index is 1.48. The predicted molar refractivity (Wildman–Crippen MR) is 85.9 cm³/mol. The molecule has 1 aliphatic carbocycles. The fourth-order valence-corrected chi connectivity index (χ4v) is 4.18. The second-order valence-electron chi connectivity index (χ2n) is 6.65. The number of anilines is 1. The van der Waals surface area contributed by atoms with Gasteiger partial charge in [-0.25, -0.2) is 9.97 Å². The molecule has 0 radical (unpaired) electrons. The summed E-state index contributed by atoms with van der Waals surface area (Å²) in [7, 11) is 2.07. The highest BCUT2D eigenvalue weighted by Crippen LogP contribution is 2.54. The molecule has 0 unspecified atom stereocenters. The highest BCUT2D eigenvalue weighted by Gasteiger charge is 2.59. The molecule has 1 amide bonds. The summed E-state index contributed by atoms with van der Waals surface area (Å²) in [6.07, 6.45) is 3.47. The molecule has 2 aromatic rings. The quantitative estimate of drug-likeness (QED) is 0.857. The molecule has 4 atom stereocenters. The number of hydrogen-bond donors (Lipinski definition) is 2. The number of nitrogens with zero attached hydrogens (tertiary/aromatic N) is 4. The van der Waals surface area contributed by atoms with Crippen LogP contribution >= 0.6 is 0 Å². The zero-order chi connectivity index (χ0) is 16.1. The fraction of sp³-hybridized carbons (Fsp3) is 0.562. The summed E-state index contributed by atoms with van der Waals surface area (Å²) in [5.74, 6) is 2.46. The molecule has 2 aliphatic rings. The molecule has 2 N–H and O–H groups in total. The van der Waals surface area contributed by atoms with Gasteiger partial charge < -0.3 is 19.9 Å². The third kappa shape index (κ3) is 2.18. The normalized spacial score (nSPS) is 27.1. The number of carbonyl (C=O) groups is 1. The van der Waals surface area contributed by atoms with Crippen molar-refractivity contribution >= 4 is 22.8 Å². The number of fused-ring (bicyclic) bond motifs is 2. The molecule has 1 saturated carbocycles. The number of rotatable bonds is 4. The molecule has 4 rings (SSSR count). The molecule has 122 valence electrons. The van der Waals surface area contributed by atoms with Crippen molar-refractivity contribution in [3.05, 3.63) is 18.6 Å². The second-order valence-corrected chi connectivity index (χ2v) is 6.65. The van der Waals surface area contributed by atoms with Crippen LogP contribution in [0.25, 0.3) is 11.0 Å². The van der Waals surface area contributed by atoms with Gasteiger partial charge in [-0.05, 0) is 30.7 Å². The molecule has 2 aromatic heterocycles. The molecular formula is C16H21N5O2. The Labute approximate surface area is 134 Å². The molecule has 7 nitrogen and oxygen atoms in total. The number of aromatic nitrogens is 3. The van der Waals surface area contributed by atoms with Gasteiger partial charge in [0, 0.05) is 32.4 Å². The standard InChI is InChI=1S/C16H21N5O2/c1-9(14-11-5-21(6-12(11)14)13(23)7-22)20(2)16-10-3-4-17-15(10)18-8-19-16/h3-4,8-9,11-12,14,22H,5-7H2,1-2H3,(H,17,18,19)/t9-,11-,12+,14-/m1/s1. The van der Waals surface area contributed by atoms with E-state index in [1.165, 1.54) is 0 Å². The smallest absolute Gasteiger partial charge is 0.248 e. The topological polar surface area (TPSA) is 85.3 Å². The SMILES string of the molecule is C[C@H]([C@@H]1[C@@H]2CN(C(=O)CO)C[C@@H]21)N(C)c1ncnc2[nH]ccc12. The summed E-state index contributed by atoms with van der Waals surface area (Å²) >= 11 is 0. The molecule has 1 aliphatic heterocycles. The van der Waals surface area contributed by atoms with Gasteiger partial charge in [0.25, 0.3) is 0 Å². The lowest BCUT2D eigenvalue weighted by Gasteiger charge is -2.29. The van der Waals surface area contributed by atoms with E-state index in [0.29, 0.717) is 23.8 Å². The van der Waals surface area contributed by atoms with Gasteiger partial charge in [0.05, 0.1) is 5.39 Å². The van der Waals surface area contributed by atoms with E-state index >= 15 is 0 Å². The van der Waals surface area contributed by atoms with Crippen LogP contribution < -0.4 is 4.90 Å². The van der Waals surface area contributed by atoms with Crippen molar-refractivity contribution in [3.63, 3.8) is 0 Å². The van der Waals surface area contributed by atoms with E-state index in [1.807, 2.05) is 12.3 Å². The summed E-state index contributed by atoms with van der Waals surface area (Å²) in [6.45, 7) is 3.39. The van der Waals surface area contributed by atoms with Crippen molar-refractivity contribution in [1.82, 2.24) is 19.9 Å². The van der Waals surface area contributed by atoms with E-state index < -0.39 is 0 Å². The Morgan fingerprint density at radius 1 is 1.48 bits per heavy atom. The van der Waals surface area contributed by atoms with Gasteiger partial charge in [0.2, 0.25) is 5.91 Å². The Kier molecular flexibility index (Phi) is 3.26. The van der Waals surface area contributed by atoms with Gasteiger partial charge in [-0.2, -0.15) is 0 Å². The third-order valence-electron chi connectivity index (χ3n) is 5.58. The van der Waals surface area contributed by atoms with Crippen LogP contribution in [-0.2, 0) is 4.79 Å². The van der Waals surface area contributed by atoms with Gasteiger partial charge in [-0.1, -0.05) is 0 Å². The van der Waals surface area contributed by atoms with E-state index in [9.17, 15) is 4.79 Å². The molecular weight excluding hydrogens is 294 g/mol. The highest BCUT2D eigenvalue weighted by atomic mass is 16.3. The van der Waals surface area contributed by atoms with E-state index in [0.717, 1.165) is 29.9 Å². The molecule has 1 saturated heterocycles. The maximum atomic E-state index is 11.6. The summed E-state index contributed by atoms with van der Waals surface area (Å²) in [5, 5.41) is 10.0. The zero-order valence-corrected chi connectivity index (χ0v) is 13.3. The molecule has 2 fully saturated rings. The first-order chi connectivity index (χ1) is 11.1. The molecule has 23 heavy (non-hydrogen) atoms. The highest BCUT2D eigenvalue weighted by molar-refractivity contribution is 5.87. The minimum atomic E-state index is -0.383. The van der Waals surface area contributed by atoms with Crippen LogP contribution in [0.15, 0.2) is 18.6 Å². The lowest BCUT2D eigenvalue weighted by atomic mass is 10.1. The van der Waals surface area contributed by atoms with Crippen molar-refractivity contribution in [3.8, 4) is 0 Å². The number of aromatic amines is 1. The molecule has 0 spiro atoms. The minimum absolute atomic E-state index is 0.151. The van der Waals surface area contributed by atoms with Crippen LogP contribution in [0.5, 0.6) is 0 Å². The number of aliphatic hydroxyl groups is 1. The number of likely N-dealkylation sites (tertiary alicyclic amines) is 1. The van der Waals surface area contributed by atoms with Gasteiger partial charge in [0.15, 0.2) is 0 Å². The first-order valence-electron chi connectivity index (χ1n) is 8.01. The Morgan fingerprint density at radius 3 is 2.91 bits per heavy atom. The maximum absolute atomic E-state index is 11.6. The van der Waals surface area contributed by atoms with E-state index in [-0.39, 0.29) is 12.5 Å². The third-order valence-corrected chi connectivity index (χ3v) is 5.58. The molecule has 0 bridgehead atoms. The average molecular weight is 315 g/mol. The van der Waals surface area contributed by atoms with Gasteiger partial charge in [0.1, 0.15) is 24.4 Å². The van der Waals surface area contributed by atoms with Gasteiger partial charge in [-0.15, -0.1) is 0 Å². The summed E-state index contributed by atoms with van der Waals surface area (Å²) < 4.78 is 0. The molecule has 7 heteroatoms. The van der Waals surface area contributed by atoms with Crippen LogP contribution in [0.4, 0.5) is 5.82 Å². The Bertz CT molecular complexity index is 733. The van der Waals surface area contributed by atoms with E-state index in [1.54, 1.807) is 11.2 Å². The maximum Gasteiger partial charge on any atom is 0.248 e.